The van der Waals surface area contributed by atoms with E-state index in [0.717, 1.165) is 14.6 Å². The molecule has 136 valence electrons. The van der Waals surface area contributed by atoms with E-state index >= 15 is 0 Å². The van der Waals surface area contributed by atoms with Crippen molar-refractivity contribution >= 4 is 60.7 Å². The standard InChI is InChI=1S/C24H15Br2NS/c25-18-8-12-21-23(14-18)28-24-15-19(26)9-13-22(24)27(21)20-10-6-17(7-11-20)16-4-2-1-3-5-16/h1-15H. The molecule has 0 unspecified atom stereocenters. The highest BCUT2D eigenvalue weighted by Crippen LogP contribution is 2.52. The number of anilines is 3. The molecule has 4 aromatic rings. The SMILES string of the molecule is Brc1ccc2c(c1)Sc1cc(Br)ccc1N2c1ccc(-c2ccccc2)cc1. The molecule has 1 heterocycles. The lowest BCUT2D eigenvalue weighted by molar-refractivity contribution is 1.16. The number of nitrogens with zero attached hydrogens (tertiary/aromatic N) is 1. The number of benzene rings is 4. The Morgan fingerprint density at radius 1 is 0.571 bits per heavy atom. The van der Waals surface area contributed by atoms with Gasteiger partial charge in [0, 0.05) is 24.4 Å². The molecule has 0 atom stereocenters. The van der Waals surface area contributed by atoms with E-state index in [1.165, 1.54) is 32.3 Å². The normalized spacial score (nSPS) is 12.4. The molecule has 0 aliphatic carbocycles. The van der Waals surface area contributed by atoms with Crippen molar-refractivity contribution in [1.82, 2.24) is 0 Å². The Morgan fingerprint density at radius 3 is 1.68 bits per heavy atom. The van der Waals surface area contributed by atoms with E-state index in [-0.39, 0.29) is 0 Å². The molecule has 1 aliphatic rings. The summed E-state index contributed by atoms with van der Waals surface area (Å²) < 4.78 is 2.19. The highest BCUT2D eigenvalue weighted by atomic mass is 79.9. The second kappa shape index (κ2) is 7.43. The Labute approximate surface area is 185 Å². The van der Waals surface area contributed by atoms with E-state index < -0.39 is 0 Å². The van der Waals surface area contributed by atoms with E-state index in [0.29, 0.717) is 0 Å². The summed E-state index contributed by atoms with van der Waals surface area (Å²) >= 11 is 9.04. The van der Waals surface area contributed by atoms with E-state index in [1.807, 2.05) is 17.8 Å². The van der Waals surface area contributed by atoms with Crippen molar-refractivity contribution in [3.8, 4) is 11.1 Å². The van der Waals surface area contributed by atoms with Gasteiger partial charge in [0.2, 0.25) is 0 Å². The second-order valence-electron chi connectivity index (χ2n) is 6.57. The molecule has 0 bridgehead atoms. The Bertz CT molecular complexity index is 1110. The summed E-state index contributed by atoms with van der Waals surface area (Å²) in [4.78, 5) is 4.83. The fraction of sp³-hybridized carbons (Fsp3) is 0. The highest BCUT2D eigenvalue weighted by molar-refractivity contribution is 9.10. The third-order valence-electron chi connectivity index (χ3n) is 4.78. The van der Waals surface area contributed by atoms with E-state index in [9.17, 15) is 0 Å². The molecule has 4 aromatic carbocycles. The summed E-state index contributed by atoms with van der Waals surface area (Å²) in [6, 6.07) is 32.3. The highest BCUT2D eigenvalue weighted by Gasteiger charge is 2.25. The molecular formula is C24H15Br2NS. The molecular weight excluding hydrogens is 494 g/mol. The average Bonchev–Trinajstić information content (AvgIpc) is 2.72. The number of hydrogen-bond acceptors (Lipinski definition) is 2. The Morgan fingerprint density at radius 2 is 1.11 bits per heavy atom. The number of halogens is 2. The van der Waals surface area contributed by atoms with Crippen molar-refractivity contribution in [1.29, 1.82) is 0 Å². The summed E-state index contributed by atoms with van der Waals surface area (Å²) in [5.41, 5.74) is 6.03. The van der Waals surface area contributed by atoms with Crippen molar-refractivity contribution in [2.24, 2.45) is 0 Å². The van der Waals surface area contributed by atoms with Crippen molar-refractivity contribution in [3.05, 3.63) is 99.9 Å². The summed E-state index contributed by atoms with van der Waals surface area (Å²) in [6.07, 6.45) is 0. The van der Waals surface area contributed by atoms with Gasteiger partial charge in [0.1, 0.15) is 0 Å². The minimum Gasteiger partial charge on any atom is -0.308 e. The van der Waals surface area contributed by atoms with Crippen molar-refractivity contribution in [2.45, 2.75) is 9.79 Å². The summed E-state index contributed by atoms with van der Waals surface area (Å²) in [7, 11) is 0. The molecule has 4 heteroatoms. The zero-order valence-corrected chi connectivity index (χ0v) is 18.8. The van der Waals surface area contributed by atoms with Crippen LogP contribution in [0.2, 0.25) is 0 Å². The van der Waals surface area contributed by atoms with Gasteiger partial charge in [-0.05, 0) is 59.7 Å². The summed E-state index contributed by atoms with van der Waals surface area (Å²) in [5.74, 6) is 0. The quantitative estimate of drug-likeness (QED) is 0.234. The Kier molecular flexibility index (Phi) is 4.79. The van der Waals surface area contributed by atoms with Crippen LogP contribution in [0.25, 0.3) is 11.1 Å². The lowest BCUT2D eigenvalue weighted by Crippen LogP contribution is -2.14. The third-order valence-corrected chi connectivity index (χ3v) is 6.86. The van der Waals surface area contributed by atoms with Crippen LogP contribution in [-0.4, -0.2) is 0 Å². The monoisotopic (exact) mass is 507 g/mol. The predicted molar refractivity (Wildman–Crippen MR) is 126 cm³/mol. The van der Waals surface area contributed by atoms with Crippen LogP contribution in [-0.2, 0) is 0 Å². The van der Waals surface area contributed by atoms with E-state index in [1.54, 1.807) is 0 Å². The summed E-state index contributed by atoms with van der Waals surface area (Å²) in [6.45, 7) is 0. The van der Waals surface area contributed by atoms with Gasteiger partial charge in [-0.2, -0.15) is 0 Å². The molecule has 0 aromatic heterocycles. The average molecular weight is 509 g/mol. The molecule has 1 aliphatic heterocycles. The number of fused-ring (bicyclic) bond motifs is 2. The lowest BCUT2D eigenvalue weighted by atomic mass is 10.0. The van der Waals surface area contributed by atoms with Gasteiger partial charge >= 0.3 is 0 Å². The fourth-order valence-electron chi connectivity index (χ4n) is 3.47. The van der Waals surface area contributed by atoms with Gasteiger partial charge in [0.05, 0.1) is 11.4 Å². The molecule has 0 N–H and O–H groups in total. The van der Waals surface area contributed by atoms with Crippen LogP contribution in [0.5, 0.6) is 0 Å². The Hall–Kier alpha value is -2.01. The maximum Gasteiger partial charge on any atom is 0.0602 e. The molecule has 0 fully saturated rings. The fourth-order valence-corrected chi connectivity index (χ4v) is 5.63. The first kappa shape index (κ1) is 18.0. The molecule has 0 radical (unpaired) electrons. The van der Waals surface area contributed by atoms with E-state index in [4.69, 9.17) is 0 Å². The first-order valence-corrected chi connectivity index (χ1v) is 11.3. The van der Waals surface area contributed by atoms with Gasteiger partial charge < -0.3 is 4.90 Å². The minimum atomic E-state index is 1.09. The topological polar surface area (TPSA) is 3.24 Å². The minimum absolute atomic E-state index is 1.09. The molecule has 0 amide bonds. The first-order chi connectivity index (χ1) is 13.7. The van der Waals surface area contributed by atoms with Crippen LogP contribution < -0.4 is 4.90 Å². The molecule has 0 saturated heterocycles. The third kappa shape index (κ3) is 3.30. The van der Waals surface area contributed by atoms with E-state index in [2.05, 4.69) is 122 Å². The molecule has 0 spiro atoms. The molecule has 28 heavy (non-hydrogen) atoms. The van der Waals surface area contributed by atoms with Gasteiger partial charge in [-0.1, -0.05) is 86.1 Å². The smallest absolute Gasteiger partial charge is 0.0602 e. The maximum atomic E-state index is 3.62. The van der Waals surface area contributed by atoms with Crippen molar-refractivity contribution in [3.63, 3.8) is 0 Å². The second-order valence-corrected chi connectivity index (χ2v) is 9.49. The van der Waals surface area contributed by atoms with Crippen LogP contribution in [0.15, 0.2) is 110 Å². The zero-order valence-electron chi connectivity index (χ0n) is 14.8. The van der Waals surface area contributed by atoms with Crippen LogP contribution in [0.1, 0.15) is 0 Å². The first-order valence-electron chi connectivity index (χ1n) is 8.92. The maximum absolute atomic E-state index is 3.62. The van der Waals surface area contributed by atoms with Gasteiger partial charge in [-0.25, -0.2) is 0 Å². The van der Waals surface area contributed by atoms with Crippen LogP contribution in [0, 0.1) is 0 Å². The molecule has 5 rings (SSSR count). The number of hydrogen-bond donors (Lipinski definition) is 0. The largest absolute Gasteiger partial charge is 0.308 e. The van der Waals surface area contributed by atoms with Crippen molar-refractivity contribution in [2.75, 3.05) is 4.90 Å². The Balaban J connectivity index is 1.63. The van der Waals surface area contributed by atoms with Crippen LogP contribution in [0.3, 0.4) is 0 Å². The van der Waals surface area contributed by atoms with Crippen LogP contribution in [0.4, 0.5) is 17.1 Å². The zero-order chi connectivity index (χ0) is 19.1. The lowest BCUT2D eigenvalue weighted by Gasteiger charge is -2.33. The van der Waals surface area contributed by atoms with Gasteiger partial charge in [0.15, 0.2) is 0 Å². The van der Waals surface area contributed by atoms with Gasteiger partial charge in [-0.15, -0.1) is 0 Å². The summed E-state index contributed by atoms with van der Waals surface area (Å²) in [5, 5.41) is 0. The van der Waals surface area contributed by atoms with Crippen LogP contribution >= 0.6 is 43.6 Å². The predicted octanol–water partition coefficient (Wildman–Crippen LogP) is 8.81. The van der Waals surface area contributed by atoms with Gasteiger partial charge in [-0.3, -0.25) is 0 Å². The molecule has 0 saturated carbocycles. The van der Waals surface area contributed by atoms with Crippen molar-refractivity contribution < 1.29 is 0 Å². The number of rotatable bonds is 2. The van der Waals surface area contributed by atoms with Gasteiger partial charge in [0.25, 0.3) is 0 Å². The molecule has 1 nitrogen and oxygen atoms in total.